The van der Waals surface area contributed by atoms with E-state index in [0.29, 0.717) is 11.8 Å². The van der Waals surface area contributed by atoms with Gasteiger partial charge in [-0.25, -0.2) is 9.97 Å². The van der Waals surface area contributed by atoms with E-state index in [1.165, 1.54) is 33.0 Å². The van der Waals surface area contributed by atoms with Crippen LogP contribution < -0.4 is 0 Å². The Balaban J connectivity index is 1.47. The first-order valence-corrected chi connectivity index (χ1v) is 12.5. The molecule has 1 unspecified atom stereocenters. The molecule has 0 bridgehead atoms. The number of rotatable bonds is 5. The van der Waals surface area contributed by atoms with Gasteiger partial charge in [-0.05, 0) is 63.2 Å². The number of hydrogen-bond acceptors (Lipinski definition) is 2. The topological polar surface area (TPSA) is 57.4 Å². The van der Waals surface area contributed by atoms with Crippen molar-refractivity contribution in [3.63, 3.8) is 0 Å². The largest absolute Gasteiger partial charge is 0.342 e. The third kappa shape index (κ3) is 3.70. The highest BCUT2D eigenvalue weighted by molar-refractivity contribution is 6.05. The summed E-state index contributed by atoms with van der Waals surface area (Å²) in [7, 11) is 0. The molecule has 0 aliphatic carbocycles. The van der Waals surface area contributed by atoms with E-state index in [2.05, 4.69) is 115 Å². The molecule has 6 aromatic rings. The van der Waals surface area contributed by atoms with E-state index in [9.17, 15) is 0 Å². The fourth-order valence-corrected chi connectivity index (χ4v) is 4.94. The molecule has 0 fully saturated rings. The number of H-pyrrole nitrogens is 2. The molecule has 4 nitrogen and oxygen atoms in total. The second-order valence-corrected chi connectivity index (χ2v) is 9.86. The van der Waals surface area contributed by atoms with Gasteiger partial charge in [-0.15, -0.1) is 0 Å². The summed E-state index contributed by atoms with van der Waals surface area (Å²) in [5.41, 5.74) is 9.08. The predicted molar refractivity (Wildman–Crippen MR) is 147 cm³/mol. The van der Waals surface area contributed by atoms with Crippen LogP contribution in [0.15, 0.2) is 72.8 Å². The number of nitrogens with zero attached hydrogens (tertiary/aromatic N) is 2. The molecule has 0 aliphatic heterocycles. The minimum Gasteiger partial charge on any atom is -0.342 e. The Bertz CT molecular complexity index is 1690. The third-order valence-corrected chi connectivity index (χ3v) is 7.34. The molecule has 0 saturated heterocycles. The van der Waals surface area contributed by atoms with Gasteiger partial charge in [0.2, 0.25) is 0 Å². The Hall–Kier alpha value is -3.92. The summed E-state index contributed by atoms with van der Waals surface area (Å²) in [5.74, 6) is 3.03. The van der Waals surface area contributed by atoms with Gasteiger partial charge >= 0.3 is 0 Å². The van der Waals surface area contributed by atoms with Crippen LogP contribution in [0.1, 0.15) is 45.3 Å². The lowest BCUT2D eigenvalue weighted by atomic mass is 9.93. The van der Waals surface area contributed by atoms with E-state index in [-0.39, 0.29) is 0 Å². The van der Waals surface area contributed by atoms with Crippen LogP contribution in [0.25, 0.3) is 55.1 Å². The van der Waals surface area contributed by atoms with E-state index < -0.39 is 0 Å². The number of aryl methyl sites for hydroxylation is 1. The van der Waals surface area contributed by atoms with Crippen molar-refractivity contribution < 1.29 is 0 Å². The highest BCUT2D eigenvalue weighted by atomic mass is 14.9. The highest BCUT2D eigenvalue weighted by Crippen LogP contribution is 2.36. The van der Waals surface area contributed by atoms with Gasteiger partial charge in [0.15, 0.2) is 0 Å². The van der Waals surface area contributed by atoms with Crippen molar-refractivity contribution in [1.82, 2.24) is 19.9 Å². The number of benzene rings is 4. The molecule has 2 heterocycles. The zero-order valence-electron chi connectivity index (χ0n) is 20.7. The molecule has 2 aromatic heterocycles. The second kappa shape index (κ2) is 8.38. The lowest BCUT2D eigenvalue weighted by molar-refractivity contribution is 0.515. The Morgan fingerprint density at radius 3 is 1.83 bits per heavy atom. The first-order chi connectivity index (χ1) is 17.0. The van der Waals surface area contributed by atoms with Gasteiger partial charge in [-0.3, -0.25) is 0 Å². The smallest absolute Gasteiger partial charge is 0.110 e. The number of fused-ring (bicyclic) bond motifs is 3. The number of hydrogen-bond donors (Lipinski definition) is 2. The molecule has 2 N–H and O–H groups in total. The van der Waals surface area contributed by atoms with Gasteiger partial charge in [0, 0.05) is 12.3 Å². The van der Waals surface area contributed by atoms with Crippen LogP contribution in [0.4, 0.5) is 0 Å². The van der Waals surface area contributed by atoms with Crippen molar-refractivity contribution in [3.05, 3.63) is 84.4 Å². The molecule has 0 radical (unpaired) electrons. The molecule has 174 valence electrons. The van der Waals surface area contributed by atoms with E-state index in [1.54, 1.807) is 0 Å². The van der Waals surface area contributed by atoms with Crippen LogP contribution in [-0.4, -0.2) is 19.9 Å². The SMILES string of the molecule is CCc1nc2ccc(-c3cccc4c(-c5ccc6nc(C(C)C(C)C)[nH]c6c5)cccc34)cc2[nH]1. The second-order valence-electron chi connectivity index (χ2n) is 9.86. The summed E-state index contributed by atoms with van der Waals surface area (Å²) in [5, 5.41) is 2.50. The molecule has 1 atom stereocenters. The summed E-state index contributed by atoms with van der Waals surface area (Å²) in [6.45, 7) is 8.84. The maximum absolute atomic E-state index is 4.85. The fraction of sp³-hybridized carbons (Fsp3) is 0.226. The van der Waals surface area contributed by atoms with Crippen LogP contribution in [0.2, 0.25) is 0 Å². The van der Waals surface area contributed by atoms with Crippen molar-refractivity contribution in [2.24, 2.45) is 5.92 Å². The number of aromatic amines is 2. The first-order valence-electron chi connectivity index (χ1n) is 12.5. The summed E-state index contributed by atoms with van der Waals surface area (Å²) in [6.07, 6.45) is 0.903. The van der Waals surface area contributed by atoms with Crippen LogP contribution in [0.5, 0.6) is 0 Å². The lowest BCUT2D eigenvalue weighted by Gasteiger charge is -2.12. The highest BCUT2D eigenvalue weighted by Gasteiger charge is 2.15. The van der Waals surface area contributed by atoms with E-state index in [4.69, 9.17) is 4.98 Å². The molecule has 0 spiro atoms. The quantitative estimate of drug-likeness (QED) is 0.273. The van der Waals surface area contributed by atoms with Crippen LogP contribution in [0.3, 0.4) is 0 Å². The molecule has 4 heteroatoms. The van der Waals surface area contributed by atoms with Crippen LogP contribution >= 0.6 is 0 Å². The van der Waals surface area contributed by atoms with Crippen LogP contribution in [-0.2, 0) is 6.42 Å². The van der Waals surface area contributed by atoms with Crippen molar-refractivity contribution >= 4 is 32.8 Å². The zero-order chi connectivity index (χ0) is 24.1. The molecular formula is C31H30N4. The van der Waals surface area contributed by atoms with Gasteiger partial charge < -0.3 is 9.97 Å². The fourth-order valence-electron chi connectivity index (χ4n) is 4.94. The average molecular weight is 459 g/mol. The maximum atomic E-state index is 4.85. The van der Waals surface area contributed by atoms with Crippen molar-refractivity contribution in [3.8, 4) is 22.3 Å². The molecule has 0 aliphatic rings. The van der Waals surface area contributed by atoms with E-state index in [0.717, 1.165) is 40.1 Å². The Morgan fingerprint density at radius 1 is 0.686 bits per heavy atom. The van der Waals surface area contributed by atoms with Gasteiger partial charge in [-0.1, -0.05) is 76.2 Å². The maximum Gasteiger partial charge on any atom is 0.110 e. The minimum atomic E-state index is 0.395. The van der Waals surface area contributed by atoms with Gasteiger partial charge in [-0.2, -0.15) is 0 Å². The predicted octanol–water partition coefficient (Wildman–Crippen LogP) is 8.25. The zero-order valence-corrected chi connectivity index (χ0v) is 20.7. The van der Waals surface area contributed by atoms with Crippen molar-refractivity contribution in [1.29, 1.82) is 0 Å². The number of imidazole rings is 2. The summed E-state index contributed by atoms with van der Waals surface area (Å²) in [4.78, 5) is 16.5. The number of nitrogens with one attached hydrogen (secondary N) is 2. The third-order valence-electron chi connectivity index (χ3n) is 7.34. The van der Waals surface area contributed by atoms with Crippen molar-refractivity contribution in [2.75, 3.05) is 0 Å². The lowest BCUT2D eigenvalue weighted by Crippen LogP contribution is -2.03. The van der Waals surface area contributed by atoms with Gasteiger partial charge in [0.25, 0.3) is 0 Å². The Kier molecular flexibility index (Phi) is 5.18. The summed E-state index contributed by atoms with van der Waals surface area (Å²) in [6, 6.07) is 26.3. The molecule has 4 aromatic carbocycles. The van der Waals surface area contributed by atoms with Gasteiger partial charge in [0.1, 0.15) is 11.6 Å². The van der Waals surface area contributed by atoms with Crippen molar-refractivity contribution in [2.45, 2.75) is 40.0 Å². The van der Waals surface area contributed by atoms with E-state index in [1.807, 2.05) is 0 Å². The first kappa shape index (κ1) is 21.6. The van der Waals surface area contributed by atoms with Gasteiger partial charge in [0.05, 0.1) is 22.1 Å². The molecular weight excluding hydrogens is 428 g/mol. The average Bonchev–Trinajstić information content (AvgIpc) is 3.50. The monoisotopic (exact) mass is 458 g/mol. The normalized spacial score (nSPS) is 12.8. The summed E-state index contributed by atoms with van der Waals surface area (Å²) >= 11 is 0. The Morgan fingerprint density at radius 2 is 1.26 bits per heavy atom. The summed E-state index contributed by atoms with van der Waals surface area (Å²) < 4.78 is 0. The molecule has 35 heavy (non-hydrogen) atoms. The minimum absolute atomic E-state index is 0.395. The molecule has 6 rings (SSSR count). The van der Waals surface area contributed by atoms with E-state index >= 15 is 0 Å². The molecule has 0 amide bonds. The Labute approximate surface area is 205 Å². The van der Waals surface area contributed by atoms with Crippen LogP contribution in [0, 0.1) is 5.92 Å². The molecule has 0 saturated carbocycles. The standard InChI is InChI=1S/C31H30N4/c1-5-30-32-26-14-12-20(16-28(26)33-30)22-8-6-11-25-23(9-7-10-24(22)25)21-13-15-27-29(17-21)35-31(34-27)19(4)18(2)3/h6-19H,5H2,1-4H3,(H,32,33)(H,34,35). The number of aromatic nitrogens is 4.